The molecule has 3 aromatic rings. The van der Waals surface area contributed by atoms with Crippen molar-refractivity contribution in [2.75, 3.05) is 19.0 Å². The lowest BCUT2D eigenvalue weighted by atomic mass is 10.0. The molecule has 2 N–H and O–H groups in total. The van der Waals surface area contributed by atoms with E-state index in [2.05, 4.69) is 15.6 Å². The summed E-state index contributed by atoms with van der Waals surface area (Å²) in [6.07, 6.45) is -1.54. The van der Waals surface area contributed by atoms with Gasteiger partial charge >= 0.3 is 0 Å². The standard InChI is InChI=1S/C26H21Cl4N3O4/c1-13(36-2)12-37-21-8-7-14(27)9-17(21)25(34)33-24-26(35)31-20-6-4-3-5-16(20)23(32-24)22-18(29)10-15(28)11-19(22)30/h3-11,13,24H,12H2,1-2H3,(H,31,35)(H,33,34)/t13-,24?/m0/s1. The van der Waals surface area contributed by atoms with E-state index < -0.39 is 18.0 Å². The molecule has 37 heavy (non-hydrogen) atoms. The third kappa shape index (κ3) is 6.20. The minimum Gasteiger partial charge on any atom is -0.490 e. The second kappa shape index (κ2) is 11.7. The second-order valence-electron chi connectivity index (χ2n) is 8.13. The van der Waals surface area contributed by atoms with Crippen LogP contribution in [-0.2, 0) is 9.53 Å². The van der Waals surface area contributed by atoms with E-state index in [1.165, 1.54) is 18.2 Å². The van der Waals surface area contributed by atoms with E-state index in [1.54, 1.807) is 43.5 Å². The molecule has 0 radical (unpaired) electrons. The van der Waals surface area contributed by atoms with E-state index >= 15 is 0 Å². The van der Waals surface area contributed by atoms with Crippen LogP contribution in [0.25, 0.3) is 0 Å². The Morgan fingerprint density at radius 1 is 1.05 bits per heavy atom. The molecule has 0 aliphatic carbocycles. The molecular formula is C26H21Cl4N3O4. The lowest BCUT2D eigenvalue weighted by molar-refractivity contribution is -0.117. The number of amides is 2. The van der Waals surface area contributed by atoms with E-state index in [-0.39, 0.29) is 34.1 Å². The molecule has 1 aliphatic heterocycles. The van der Waals surface area contributed by atoms with E-state index in [9.17, 15) is 9.59 Å². The average molecular weight is 581 g/mol. The van der Waals surface area contributed by atoms with Crippen molar-refractivity contribution in [2.24, 2.45) is 4.99 Å². The molecule has 1 heterocycles. The van der Waals surface area contributed by atoms with Gasteiger partial charge in [0.25, 0.3) is 11.8 Å². The molecule has 3 aromatic carbocycles. The summed E-state index contributed by atoms with van der Waals surface area (Å²) in [7, 11) is 1.56. The summed E-state index contributed by atoms with van der Waals surface area (Å²) in [5.41, 5.74) is 1.85. The first-order chi connectivity index (χ1) is 17.7. The highest BCUT2D eigenvalue weighted by molar-refractivity contribution is 6.44. The average Bonchev–Trinajstić information content (AvgIpc) is 2.98. The molecule has 7 nitrogen and oxygen atoms in total. The zero-order chi connectivity index (χ0) is 26.7. The number of nitrogens with zero attached hydrogens (tertiary/aromatic N) is 1. The van der Waals surface area contributed by atoms with Crippen LogP contribution in [-0.4, -0.2) is 43.5 Å². The van der Waals surface area contributed by atoms with Gasteiger partial charge < -0.3 is 20.1 Å². The zero-order valence-electron chi connectivity index (χ0n) is 19.7. The molecule has 0 bridgehead atoms. The highest BCUT2D eigenvalue weighted by Gasteiger charge is 2.30. The molecule has 2 amide bonds. The number of carbonyl (C=O) groups excluding carboxylic acids is 2. The van der Waals surface area contributed by atoms with Crippen molar-refractivity contribution in [1.29, 1.82) is 0 Å². The number of nitrogens with one attached hydrogen (secondary N) is 2. The van der Waals surface area contributed by atoms with Crippen LogP contribution in [0.5, 0.6) is 5.75 Å². The summed E-state index contributed by atoms with van der Waals surface area (Å²) >= 11 is 25.3. The largest absolute Gasteiger partial charge is 0.490 e. The molecular weight excluding hydrogens is 560 g/mol. The SMILES string of the molecule is CO[C@@H](C)COc1ccc(Cl)cc1C(=O)NC1N=C(c2c(Cl)cc(Cl)cc2Cl)c2ccccc2NC1=O. The van der Waals surface area contributed by atoms with E-state index in [0.29, 0.717) is 32.6 Å². The smallest absolute Gasteiger partial charge is 0.269 e. The highest BCUT2D eigenvalue weighted by Crippen LogP contribution is 2.34. The number of para-hydroxylation sites is 1. The summed E-state index contributed by atoms with van der Waals surface area (Å²) in [4.78, 5) is 31.1. The third-order valence-electron chi connectivity index (χ3n) is 5.52. The Labute approximate surface area is 233 Å². The van der Waals surface area contributed by atoms with Crippen molar-refractivity contribution in [1.82, 2.24) is 5.32 Å². The van der Waals surface area contributed by atoms with Crippen molar-refractivity contribution in [3.63, 3.8) is 0 Å². The van der Waals surface area contributed by atoms with Crippen molar-refractivity contribution < 1.29 is 19.1 Å². The Balaban J connectivity index is 1.74. The third-order valence-corrected chi connectivity index (χ3v) is 6.57. The maximum atomic E-state index is 13.4. The number of ether oxygens (including phenoxy) is 2. The van der Waals surface area contributed by atoms with Gasteiger partial charge in [-0.15, -0.1) is 0 Å². The quantitative estimate of drug-likeness (QED) is 0.345. The number of hydrogen-bond donors (Lipinski definition) is 2. The molecule has 0 spiro atoms. The van der Waals surface area contributed by atoms with Gasteiger partial charge in [-0.25, -0.2) is 4.99 Å². The molecule has 1 aliphatic rings. The summed E-state index contributed by atoms with van der Waals surface area (Å²) in [6, 6.07) is 14.7. The van der Waals surface area contributed by atoms with Gasteiger partial charge in [0.1, 0.15) is 12.4 Å². The van der Waals surface area contributed by atoms with Gasteiger partial charge in [-0.3, -0.25) is 9.59 Å². The fourth-order valence-corrected chi connectivity index (χ4v) is 4.77. The number of carbonyl (C=O) groups is 2. The van der Waals surface area contributed by atoms with E-state index in [1.807, 2.05) is 6.92 Å². The number of aliphatic imine (C=N–C) groups is 1. The number of rotatable bonds is 7. The van der Waals surface area contributed by atoms with Crippen LogP contribution in [0.2, 0.25) is 20.1 Å². The Bertz CT molecular complexity index is 1370. The lowest BCUT2D eigenvalue weighted by Gasteiger charge is -2.17. The highest BCUT2D eigenvalue weighted by atomic mass is 35.5. The van der Waals surface area contributed by atoms with Gasteiger partial charge in [0, 0.05) is 28.3 Å². The molecule has 0 saturated heterocycles. The fourth-order valence-electron chi connectivity index (χ4n) is 3.61. The summed E-state index contributed by atoms with van der Waals surface area (Å²) in [5, 5.41) is 6.60. The summed E-state index contributed by atoms with van der Waals surface area (Å²) in [5.74, 6) is -0.907. The summed E-state index contributed by atoms with van der Waals surface area (Å²) in [6.45, 7) is 2.03. The van der Waals surface area contributed by atoms with Crippen LogP contribution in [0.1, 0.15) is 28.4 Å². The predicted octanol–water partition coefficient (Wildman–Crippen LogP) is 6.26. The number of benzene rings is 3. The van der Waals surface area contributed by atoms with Crippen LogP contribution in [0, 0.1) is 0 Å². The Hall–Kier alpha value is -2.81. The Morgan fingerprint density at radius 2 is 1.76 bits per heavy atom. The maximum absolute atomic E-state index is 13.4. The topological polar surface area (TPSA) is 89.0 Å². The Kier molecular flexibility index (Phi) is 8.62. The van der Waals surface area contributed by atoms with Gasteiger partial charge in [0.05, 0.1) is 33.1 Å². The Morgan fingerprint density at radius 3 is 2.46 bits per heavy atom. The molecule has 0 fully saturated rings. The van der Waals surface area contributed by atoms with Crippen LogP contribution < -0.4 is 15.4 Å². The minimum absolute atomic E-state index is 0.129. The van der Waals surface area contributed by atoms with E-state index in [0.717, 1.165) is 0 Å². The van der Waals surface area contributed by atoms with Crippen LogP contribution in [0.4, 0.5) is 5.69 Å². The van der Waals surface area contributed by atoms with Gasteiger partial charge in [-0.05, 0) is 43.3 Å². The van der Waals surface area contributed by atoms with Crippen molar-refractivity contribution in [3.8, 4) is 5.75 Å². The molecule has 1 unspecified atom stereocenters. The zero-order valence-corrected chi connectivity index (χ0v) is 22.7. The van der Waals surface area contributed by atoms with Crippen molar-refractivity contribution >= 4 is 69.6 Å². The monoisotopic (exact) mass is 579 g/mol. The minimum atomic E-state index is -1.33. The molecule has 4 rings (SSSR count). The summed E-state index contributed by atoms with van der Waals surface area (Å²) < 4.78 is 11.0. The van der Waals surface area contributed by atoms with Crippen LogP contribution in [0.3, 0.4) is 0 Å². The molecule has 11 heteroatoms. The van der Waals surface area contributed by atoms with Crippen molar-refractivity contribution in [2.45, 2.75) is 19.2 Å². The molecule has 0 saturated carbocycles. The van der Waals surface area contributed by atoms with Crippen LogP contribution in [0.15, 0.2) is 59.6 Å². The van der Waals surface area contributed by atoms with Crippen molar-refractivity contribution in [3.05, 3.63) is 91.4 Å². The number of methoxy groups -OCH3 is 1. The lowest BCUT2D eigenvalue weighted by Crippen LogP contribution is -2.42. The van der Waals surface area contributed by atoms with Gasteiger partial charge in [0.2, 0.25) is 6.17 Å². The fraction of sp³-hybridized carbons (Fsp3) is 0.192. The van der Waals surface area contributed by atoms with Crippen LogP contribution >= 0.6 is 46.4 Å². The first kappa shape index (κ1) is 27.2. The van der Waals surface area contributed by atoms with Gasteiger partial charge in [-0.2, -0.15) is 0 Å². The number of fused-ring (bicyclic) bond motifs is 1. The second-order valence-corrected chi connectivity index (χ2v) is 9.82. The van der Waals surface area contributed by atoms with Gasteiger partial charge in [0.15, 0.2) is 0 Å². The number of hydrogen-bond acceptors (Lipinski definition) is 5. The first-order valence-corrected chi connectivity index (χ1v) is 12.6. The molecule has 2 atom stereocenters. The maximum Gasteiger partial charge on any atom is 0.269 e. The molecule has 0 aromatic heterocycles. The van der Waals surface area contributed by atoms with E-state index in [4.69, 9.17) is 55.9 Å². The number of anilines is 1. The number of halogens is 4. The number of benzodiazepines with no additional fused rings is 1. The predicted molar refractivity (Wildman–Crippen MR) is 147 cm³/mol. The van der Waals surface area contributed by atoms with Gasteiger partial charge in [-0.1, -0.05) is 64.6 Å². The normalized spacial score (nSPS) is 15.7. The molecule has 192 valence electrons. The first-order valence-electron chi connectivity index (χ1n) is 11.1.